The second-order valence-corrected chi connectivity index (χ2v) is 5.36. The highest BCUT2D eigenvalue weighted by Crippen LogP contribution is 2.33. The van der Waals surface area contributed by atoms with E-state index in [1.807, 2.05) is 13.8 Å². The molecule has 2 rings (SSSR count). The van der Waals surface area contributed by atoms with Crippen LogP contribution in [0.4, 0.5) is 11.4 Å². The van der Waals surface area contributed by atoms with Crippen molar-refractivity contribution in [2.75, 3.05) is 11.9 Å². The SMILES string of the molecule is CCNc1c(C(=O)NC2(C)CCC2)cccc1[N+](=O)[O-]. The second kappa shape index (κ2) is 5.48. The highest BCUT2D eigenvalue weighted by Gasteiger charge is 2.34. The number of benzene rings is 1. The predicted octanol–water partition coefficient (Wildman–Crippen LogP) is 2.70. The minimum atomic E-state index is -0.472. The van der Waals surface area contributed by atoms with Gasteiger partial charge in [0.15, 0.2) is 0 Å². The number of rotatable bonds is 5. The summed E-state index contributed by atoms with van der Waals surface area (Å²) in [5.74, 6) is -0.258. The average molecular weight is 277 g/mol. The maximum Gasteiger partial charge on any atom is 0.293 e. The summed E-state index contributed by atoms with van der Waals surface area (Å²) >= 11 is 0. The lowest BCUT2D eigenvalue weighted by Crippen LogP contribution is -2.51. The molecule has 1 aliphatic rings. The number of nitrogens with one attached hydrogen (secondary N) is 2. The molecule has 2 N–H and O–H groups in total. The number of carbonyl (C=O) groups excluding carboxylic acids is 1. The van der Waals surface area contributed by atoms with Crippen molar-refractivity contribution < 1.29 is 9.72 Å². The minimum Gasteiger partial charge on any atom is -0.379 e. The maximum atomic E-state index is 12.3. The van der Waals surface area contributed by atoms with Gasteiger partial charge in [-0.25, -0.2) is 0 Å². The first kappa shape index (κ1) is 14.3. The van der Waals surface area contributed by atoms with Crippen LogP contribution in [0.25, 0.3) is 0 Å². The van der Waals surface area contributed by atoms with Gasteiger partial charge in [0.05, 0.1) is 10.5 Å². The molecular weight excluding hydrogens is 258 g/mol. The molecule has 1 fully saturated rings. The molecule has 0 spiro atoms. The second-order valence-electron chi connectivity index (χ2n) is 5.36. The molecule has 0 aromatic heterocycles. The molecule has 0 unspecified atom stereocenters. The molecule has 20 heavy (non-hydrogen) atoms. The van der Waals surface area contributed by atoms with Crippen LogP contribution in [0, 0.1) is 10.1 Å². The van der Waals surface area contributed by atoms with Crippen LogP contribution in [0.3, 0.4) is 0 Å². The molecule has 1 saturated carbocycles. The third kappa shape index (κ3) is 2.74. The van der Waals surface area contributed by atoms with E-state index >= 15 is 0 Å². The van der Waals surface area contributed by atoms with Crippen LogP contribution in [-0.4, -0.2) is 22.9 Å². The molecule has 0 heterocycles. The zero-order chi connectivity index (χ0) is 14.8. The number of nitro groups is 1. The van der Waals surface area contributed by atoms with Gasteiger partial charge in [0.25, 0.3) is 11.6 Å². The van der Waals surface area contributed by atoms with E-state index in [9.17, 15) is 14.9 Å². The molecular formula is C14H19N3O3. The van der Waals surface area contributed by atoms with E-state index in [0.717, 1.165) is 19.3 Å². The summed E-state index contributed by atoms with van der Waals surface area (Å²) in [4.78, 5) is 22.9. The van der Waals surface area contributed by atoms with Crippen LogP contribution in [-0.2, 0) is 0 Å². The molecule has 1 aliphatic carbocycles. The Bertz CT molecular complexity index is 538. The Balaban J connectivity index is 2.32. The minimum absolute atomic E-state index is 0.0711. The summed E-state index contributed by atoms with van der Waals surface area (Å²) < 4.78 is 0. The number of carbonyl (C=O) groups is 1. The van der Waals surface area contributed by atoms with Gasteiger partial charge in [-0.3, -0.25) is 14.9 Å². The summed E-state index contributed by atoms with van der Waals surface area (Å²) in [6.45, 7) is 4.35. The standard InChI is InChI=1S/C14H19N3O3/c1-3-15-12-10(6-4-7-11(12)17(19)20)13(18)16-14(2)8-5-9-14/h4,6-7,15H,3,5,8-9H2,1-2H3,(H,16,18). The third-order valence-electron chi connectivity index (χ3n) is 3.71. The lowest BCUT2D eigenvalue weighted by atomic mass is 9.78. The van der Waals surface area contributed by atoms with Gasteiger partial charge in [0.2, 0.25) is 0 Å². The number of nitrogens with zero attached hydrogens (tertiary/aromatic N) is 1. The molecule has 0 bridgehead atoms. The van der Waals surface area contributed by atoms with Crippen molar-refractivity contribution in [1.29, 1.82) is 0 Å². The molecule has 0 aliphatic heterocycles. The highest BCUT2D eigenvalue weighted by molar-refractivity contribution is 6.02. The summed E-state index contributed by atoms with van der Waals surface area (Å²) in [5, 5.41) is 17.0. The number of nitro benzene ring substituents is 1. The van der Waals surface area contributed by atoms with Crippen molar-refractivity contribution in [3.63, 3.8) is 0 Å². The summed E-state index contributed by atoms with van der Waals surface area (Å²) in [5.41, 5.74) is 0.374. The highest BCUT2D eigenvalue weighted by atomic mass is 16.6. The first-order valence-electron chi connectivity index (χ1n) is 6.80. The first-order chi connectivity index (χ1) is 9.47. The topological polar surface area (TPSA) is 84.3 Å². The fraction of sp³-hybridized carbons (Fsp3) is 0.500. The monoisotopic (exact) mass is 277 g/mol. The predicted molar refractivity (Wildman–Crippen MR) is 77.0 cm³/mol. The Morgan fingerprint density at radius 1 is 1.45 bits per heavy atom. The van der Waals surface area contributed by atoms with E-state index in [2.05, 4.69) is 10.6 Å². The van der Waals surface area contributed by atoms with Gasteiger partial charge in [-0.15, -0.1) is 0 Å². The van der Waals surface area contributed by atoms with Gasteiger partial charge >= 0.3 is 0 Å². The molecule has 6 nitrogen and oxygen atoms in total. The van der Waals surface area contributed by atoms with Crippen molar-refractivity contribution in [1.82, 2.24) is 5.32 Å². The summed E-state index contributed by atoms with van der Waals surface area (Å²) in [7, 11) is 0. The Morgan fingerprint density at radius 2 is 2.15 bits per heavy atom. The van der Waals surface area contributed by atoms with E-state index in [0.29, 0.717) is 17.8 Å². The lowest BCUT2D eigenvalue weighted by Gasteiger charge is -2.39. The van der Waals surface area contributed by atoms with Crippen LogP contribution < -0.4 is 10.6 Å². The molecule has 108 valence electrons. The molecule has 1 aromatic rings. The van der Waals surface area contributed by atoms with Gasteiger partial charge in [0.1, 0.15) is 5.69 Å². The maximum absolute atomic E-state index is 12.3. The van der Waals surface area contributed by atoms with Crippen LogP contribution in [0.5, 0.6) is 0 Å². The molecule has 1 amide bonds. The summed E-state index contributed by atoms with van der Waals surface area (Å²) in [6, 6.07) is 4.55. The Labute approximate surface area is 117 Å². The van der Waals surface area contributed by atoms with E-state index in [1.54, 1.807) is 6.07 Å². The van der Waals surface area contributed by atoms with Gasteiger partial charge in [0, 0.05) is 18.2 Å². The van der Waals surface area contributed by atoms with E-state index in [1.165, 1.54) is 12.1 Å². The Morgan fingerprint density at radius 3 is 2.65 bits per heavy atom. The fourth-order valence-corrected chi connectivity index (χ4v) is 2.42. The number of anilines is 1. The Kier molecular flexibility index (Phi) is 3.92. The molecule has 0 atom stereocenters. The van der Waals surface area contributed by atoms with Gasteiger partial charge in [-0.2, -0.15) is 0 Å². The largest absolute Gasteiger partial charge is 0.379 e. The average Bonchev–Trinajstić information content (AvgIpc) is 2.37. The van der Waals surface area contributed by atoms with Crippen LogP contribution in [0.15, 0.2) is 18.2 Å². The van der Waals surface area contributed by atoms with Crippen molar-refractivity contribution in [2.45, 2.75) is 38.6 Å². The summed E-state index contributed by atoms with van der Waals surface area (Å²) in [6.07, 6.45) is 3.00. The zero-order valence-corrected chi connectivity index (χ0v) is 11.7. The van der Waals surface area contributed by atoms with Gasteiger partial charge in [-0.1, -0.05) is 6.07 Å². The smallest absolute Gasteiger partial charge is 0.293 e. The molecule has 0 saturated heterocycles. The van der Waals surface area contributed by atoms with E-state index < -0.39 is 4.92 Å². The quantitative estimate of drug-likeness (QED) is 0.640. The van der Waals surface area contributed by atoms with Crippen molar-refractivity contribution in [2.24, 2.45) is 0 Å². The normalized spacial score (nSPS) is 16.1. The molecule has 1 aromatic carbocycles. The number of amides is 1. The van der Waals surface area contributed by atoms with E-state index in [4.69, 9.17) is 0 Å². The van der Waals surface area contributed by atoms with Crippen molar-refractivity contribution in [3.8, 4) is 0 Å². The van der Waals surface area contributed by atoms with Crippen LogP contribution in [0.2, 0.25) is 0 Å². The first-order valence-corrected chi connectivity index (χ1v) is 6.80. The lowest BCUT2D eigenvalue weighted by molar-refractivity contribution is -0.384. The zero-order valence-electron chi connectivity index (χ0n) is 11.7. The number of hydrogen-bond donors (Lipinski definition) is 2. The van der Waals surface area contributed by atoms with Crippen molar-refractivity contribution in [3.05, 3.63) is 33.9 Å². The molecule has 6 heteroatoms. The van der Waals surface area contributed by atoms with Gasteiger partial charge in [-0.05, 0) is 39.2 Å². The van der Waals surface area contributed by atoms with Crippen LogP contribution >= 0.6 is 0 Å². The van der Waals surface area contributed by atoms with E-state index in [-0.39, 0.29) is 17.1 Å². The van der Waals surface area contributed by atoms with Crippen LogP contribution in [0.1, 0.15) is 43.5 Å². The molecule has 0 radical (unpaired) electrons. The third-order valence-corrected chi connectivity index (χ3v) is 3.71. The fourth-order valence-electron chi connectivity index (χ4n) is 2.42. The number of para-hydroxylation sites is 1. The van der Waals surface area contributed by atoms with Crippen molar-refractivity contribution >= 4 is 17.3 Å². The van der Waals surface area contributed by atoms with Gasteiger partial charge < -0.3 is 10.6 Å². The Hall–Kier alpha value is -2.11. The number of hydrogen-bond acceptors (Lipinski definition) is 4.